The normalized spacial score (nSPS) is 16.8. The van der Waals surface area contributed by atoms with Gasteiger partial charge in [0, 0.05) is 38.7 Å². The molecule has 1 fully saturated rings. The fraction of sp³-hybridized carbons (Fsp3) is 0.364. The monoisotopic (exact) mass is 425 g/mol. The number of thiazole rings is 1. The Bertz CT molecular complexity index is 1030. The summed E-state index contributed by atoms with van der Waals surface area (Å²) in [5.74, 6) is -0.947. The number of rotatable bonds is 6. The van der Waals surface area contributed by atoms with Gasteiger partial charge in [0.2, 0.25) is 0 Å². The molecule has 0 amide bonds. The van der Waals surface area contributed by atoms with Gasteiger partial charge in [0.25, 0.3) is 0 Å². The lowest BCUT2D eigenvalue weighted by Crippen LogP contribution is -2.34. The first-order valence-corrected chi connectivity index (χ1v) is 10.8. The van der Waals surface area contributed by atoms with Crippen LogP contribution < -0.4 is 10.2 Å². The van der Waals surface area contributed by atoms with Crippen molar-refractivity contribution in [3.05, 3.63) is 46.0 Å². The highest BCUT2D eigenvalue weighted by atomic mass is 32.1. The van der Waals surface area contributed by atoms with E-state index in [1.165, 1.54) is 17.5 Å². The van der Waals surface area contributed by atoms with Crippen LogP contribution in [-0.4, -0.2) is 47.8 Å². The number of benzene rings is 1. The zero-order valence-corrected chi connectivity index (χ0v) is 17.5. The van der Waals surface area contributed by atoms with Crippen LogP contribution in [0.4, 0.5) is 10.8 Å². The molecular formula is C22H23N3O4S. The van der Waals surface area contributed by atoms with Crippen LogP contribution in [0.5, 0.6) is 0 Å². The van der Waals surface area contributed by atoms with E-state index >= 15 is 0 Å². The topological polar surface area (TPSA) is 99.6 Å². The Balaban J connectivity index is 1.39. The first-order valence-electron chi connectivity index (χ1n) is 9.98. The van der Waals surface area contributed by atoms with E-state index in [1.54, 1.807) is 6.08 Å². The Kier molecular flexibility index (Phi) is 5.67. The maximum absolute atomic E-state index is 12.9. The average Bonchev–Trinajstić information content (AvgIpc) is 3.24. The summed E-state index contributed by atoms with van der Waals surface area (Å²) < 4.78 is 0. The van der Waals surface area contributed by atoms with Crippen LogP contribution in [0.25, 0.3) is 6.08 Å². The highest BCUT2D eigenvalue weighted by Gasteiger charge is 2.29. The van der Waals surface area contributed by atoms with Crippen molar-refractivity contribution in [1.29, 1.82) is 0 Å². The van der Waals surface area contributed by atoms with Crippen LogP contribution in [0.2, 0.25) is 0 Å². The predicted octanol–water partition coefficient (Wildman–Crippen LogP) is 3.27. The fourth-order valence-corrected chi connectivity index (χ4v) is 4.92. The van der Waals surface area contributed by atoms with Crippen molar-refractivity contribution in [2.75, 3.05) is 30.4 Å². The quantitative estimate of drug-likeness (QED) is 0.685. The van der Waals surface area contributed by atoms with E-state index in [0.29, 0.717) is 17.1 Å². The van der Waals surface area contributed by atoms with Crippen molar-refractivity contribution in [1.82, 2.24) is 4.98 Å². The van der Waals surface area contributed by atoms with Gasteiger partial charge in [-0.25, -0.2) is 9.78 Å². The number of piperidine rings is 1. The van der Waals surface area contributed by atoms with E-state index < -0.39 is 5.97 Å². The van der Waals surface area contributed by atoms with E-state index in [1.807, 2.05) is 25.2 Å². The first kappa shape index (κ1) is 20.3. The number of aromatic carboxylic acids is 1. The number of nitrogens with zero attached hydrogens (tertiary/aromatic N) is 2. The highest BCUT2D eigenvalue weighted by molar-refractivity contribution is 7.17. The van der Waals surface area contributed by atoms with E-state index in [-0.39, 0.29) is 28.8 Å². The molecule has 2 aliphatic rings. The molecular weight excluding hydrogens is 402 g/mol. The lowest BCUT2D eigenvalue weighted by molar-refractivity contribution is -0.121. The summed E-state index contributed by atoms with van der Waals surface area (Å²) in [7, 11) is 1.82. The van der Waals surface area contributed by atoms with E-state index in [4.69, 9.17) is 5.11 Å². The highest BCUT2D eigenvalue weighted by Crippen LogP contribution is 2.32. The molecule has 1 aliphatic heterocycles. The second-order valence-electron chi connectivity index (χ2n) is 7.65. The van der Waals surface area contributed by atoms with Crippen LogP contribution >= 0.6 is 11.3 Å². The number of allylic oxidation sites excluding steroid dienone is 1. The molecule has 7 nitrogen and oxygen atoms in total. The number of Topliss-reactive ketones (excluding diaryl/α,β-unsaturated/α-hetero) is 2. The molecule has 8 heteroatoms. The molecule has 0 atom stereocenters. The van der Waals surface area contributed by atoms with E-state index in [2.05, 4.69) is 15.2 Å². The summed E-state index contributed by atoms with van der Waals surface area (Å²) in [6.07, 6.45) is 5.37. The van der Waals surface area contributed by atoms with Crippen LogP contribution in [-0.2, 0) is 16.0 Å². The molecule has 2 aromatic rings. The maximum Gasteiger partial charge on any atom is 0.347 e. The second kappa shape index (κ2) is 8.39. The van der Waals surface area contributed by atoms with Crippen molar-refractivity contribution in [2.24, 2.45) is 5.92 Å². The van der Waals surface area contributed by atoms with Gasteiger partial charge in [0.1, 0.15) is 4.88 Å². The molecule has 1 aliphatic carbocycles. The summed E-state index contributed by atoms with van der Waals surface area (Å²) in [5.41, 5.74) is 3.10. The van der Waals surface area contributed by atoms with Crippen LogP contribution in [0, 0.1) is 5.92 Å². The molecule has 30 heavy (non-hydrogen) atoms. The largest absolute Gasteiger partial charge is 0.477 e. The Morgan fingerprint density at radius 3 is 2.73 bits per heavy atom. The lowest BCUT2D eigenvalue weighted by Gasteiger charge is -2.31. The van der Waals surface area contributed by atoms with Crippen molar-refractivity contribution in [2.45, 2.75) is 25.7 Å². The van der Waals surface area contributed by atoms with Gasteiger partial charge < -0.3 is 15.3 Å². The number of hydrogen-bond donors (Lipinski definition) is 2. The van der Waals surface area contributed by atoms with Crippen LogP contribution in [0.15, 0.2) is 30.0 Å². The van der Waals surface area contributed by atoms with Gasteiger partial charge in [-0.2, -0.15) is 0 Å². The van der Waals surface area contributed by atoms with Gasteiger partial charge in [0.15, 0.2) is 16.7 Å². The summed E-state index contributed by atoms with van der Waals surface area (Å²) in [4.78, 5) is 43.0. The van der Waals surface area contributed by atoms with Gasteiger partial charge in [-0.1, -0.05) is 23.5 Å². The van der Waals surface area contributed by atoms with E-state index in [0.717, 1.165) is 42.7 Å². The van der Waals surface area contributed by atoms with Crippen molar-refractivity contribution < 1.29 is 19.5 Å². The van der Waals surface area contributed by atoms with Gasteiger partial charge in [0.05, 0.1) is 11.8 Å². The molecule has 156 valence electrons. The minimum absolute atomic E-state index is 0.0821. The second-order valence-corrected chi connectivity index (χ2v) is 8.66. The molecule has 2 N–H and O–H groups in total. The van der Waals surface area contributed by atoms with Crippen LogP contribution in [0.1, 0.15) is 40.1 Å². The number of carbonyl (C=O) groups excluding carboxylic acids is 2. The molecule has 4 rings (SSSR count). The summed E-state index contributed by atoms with van der Waals surface area (Å²) in [6.45, 7) is 1.46. The lowest BCUT2D eigenvalue weighted by atomic mass is 9.84. The fourth-order valence-electron chi connectivity index (χ4n) is 4.11. The van der Waals surface area contributed by atoms with Gasteiger partial charge >= 0.3 is 5.97 Å². The van der Waals surface area contributed by atoms with Gasteiger partial charge in [-0.15, -0.1) is 0 Å². The third-order valence-electron chi connectivity index (χ3n) is 5.78. The molecule has 0 saturated carbocycles. The summed E-state index contributed by atoms with van der Waals surface area (Å²) >= 11 is 1.17. The predicted molar refractivity (Wildman–Crippen MR) is 116 cm³/mol. The van der Waals surface area contributed by atoms with Crippen molar-refractivity contribution in [3.8, 4) is 0 Å². The maximum atomic E-state index is 12.9. The number of anilines is 2. The number of nitrogens with one attached hydrogen (secondary N) is 1. The minimum atomic E-state index is -0.965. The molecule has 2 heterocycles. The first-order chi connectivity index (χ1) is 14.5. The molecule has 0 bridgehead atoms. The zero-order valence-electron chi connectivity index (χ0n) is 16.7. The molecule has 0 radical (unpaired) electrons. The number of hydrogen-bond acceptors (Lipinski definition) is 7. The van der Waals surface area contributed by atoms with Gasteiger partial charge in [-0.3, -0.25) is 9.59 Å². The number of fused-ring (bicyclic) bond motifs is 1. The number of aromatic nitrogens is 1. The number of carboxylic acids is 1. The van der Waals surface area contributed by atoms with E-state index in [9.17, 15) is 14.4 Å². The summed E-state index contributed by atoms with van der Waals surface area (Å²) in [5, 5.41) is 12.9. The summed E-state index contributed by atoms with van der Waals surface area (Å²) in [6, 6.07) is 5.79. The number of ketones is 2. The number of carbonyl (C=O) groups is 3. The average molecular weight is 426 g/mol. The molecule has 0 unspecified atom stereocenters. The standard InChI is InChI=1S/C22H23N3O4S/c1-23-17-4-2-3-14-10-16(19(27)11-15(14)17)18(26)9-13-5-7-25(8-6-13)22-24-12-20(30-22)21(28)29/h2-4,10,12-13,23H,5-9,11H2,1H3,(H,28,29). The molecule has 1 saturated heterocycles. The molecule has 1 aromatic heterocycles. The SMILES string of the molecule is CNc1cccc2c1CC(=O)C(C(=O)CC1CCN(c3ncc(C(=O)O)s3)CC1)=C2. The van der Waals surface area contributed by atoms with Crippen LogP contribution in [0.3, 0.4) is 0 Å². The Morgan fingerprint density at radius 2 is 2.07 bits per heavy atom. The zero-order chi connectivity index (χ0) is 21.3. The smallest absolute Gasteiger partial charge is 0.347 e. The Morgan fingerprint density at radius 1 is 1.30 bits per heavy atom. The third kappa shape index (κ3) is 4.00. The Labute approximate surface area is 178 Å². The van der Waals surface area contributed by atoms with Crippen molar-refractivity contribution in [3.63, 3.8) is 0 Å². The third-order valence-corrected chi connectivity index (χ3v) is 6.83. The number of carboxylic acid groups (broad SMARTS) is 1. The van der Waals surface area contributed by atoms with Crippen molar-refractivity contribution >= 4 is 45.8 Å². The molecule has 1 aromatic carbocycles. The minimum Gasteiger partial charge on any atom is -0.477 e. The Hall–Kier alpha value is -3.00. The molecule has 0 spiro atoms. The van der Waals surface area contributed by atoms with Gasteiger partial charge in [-0.05, 0) is 42.0 Å².